The maximum atomic E-state index is 5.56. The Morgan fingerprint density at radius 3 is 2.50 bits per heavy atom. The molecule has 0 unspecified atom stereocenters. The summed E-state index contributed by atoms with van der Waals surface area (Å²) in [5.41, 5.74) is 8.37. The molecule has 2 nitrogen and oxygen atoms in total. The normalized spacial score (nSPS) is 11.6. The second-order valence-corrected chi connectivity index (χ2v) is 4.94. The number of nitrogens with zero attached hydrogens (tertiary/aromatic N) is 1. The van der Waals surface area contributed by atoms with Crippen LogP contribution in [0.1, 0.15) is 31.3 Å². The average Bonchev–Trinajstić information content (AvgIpc) is 2.30. The molecule has 0 saturated heterocycles. The Kier molecular flexibility index (Phi) is 2.49. The van der Waals surface area contributed by atoms with E-state index in [9.17, 15) is 0 Å². The summed E-state index contributed by atoms with van der Waals surface area (Å²) >= 11 is 6.43. The minimum absolute atomic E-state index is 0.0266. The number of hydrogen-bond acceptors (Lipinski definition) is 3. The predicted molar refractivity (Wildman–Crippen MR) is 56.7 cm³/mol. The molecule has 1 heterocycles. The highest BCUT2D eigenvalue weighted by atomic mass is 32.1. The van der Waals surface area contributed by atoms with Crippen LogP contribution in [-0.4, -0.2) is 9.97 Å². The van der Waals surface area contributed by atoms with Crippen LogP contribution in [0.3, 0.4) is 0 Å². The van der Waals surface area contributed by atoms with Gasteiger partial charge in [0.2, 0.25) is 0 Å². The Labute approximate surface area is 81.8 Å². The lowest BCUT2D eigenvalue weighted by Crippen LogP contribution is -2.19. The molecule has 4 heteroatoms. The van der Waals surface area contributed by atoms with Gasteiger partial charge in [0.15, 0.2) is 0 Å². The third kappa shape index (κ3) is 1.81. The molecule has 0 amide bonds. The molecule has 0 aliphatic heterocycles. The fraction of sp³-hybridized carbons (Fsp3) is 0.500. The van der Waals surface area contributed by atoms with Crippen molar-refractivity contribution in [1.29, 1.82) is 0 Å². The van der Waals surface area contributed by atoms with E-state index < -0.39 is 0 Å². The Morgan fingerprint density at radius 2 is 2.17 bits per heavy atom. The molecule has 0 aliphatic rings. The van der Waals surface area contributed by atoms with Crippen molar-refractivity contribution in [2.24, 2.45) is 5.73 Å². The highest BCUT2D eigenvalue weighted by Gasteiger charge is 2.21. The Morgan fingerprint density at radius 1 is 1.58 bits per heavy atom. The highest BCUT2D eigenvalue weighted by molar-refractivity contribution is 7.81. The second-order valence-electron chi connectivity index (χ2n) is 3.64. The topological polar surface area (TPSA) is 38.9 Å². The summed E-state index contributed by atoms with van der Waals surface area (Å²) in [6.45, 7) is 6.30. The predicted octanol–water partition coefficient (Wildman–Crippen LogP) is 2.07. The van der Waals surface area contributed by atoms with Gasteiger partial charge in [-0.25, -0.2) is 4.98 Å². The maximum absolute atomic E-state index is 5.56. The first-order valence-electron chi connectivity index (χ1n) is 3.66. The lowest BCUT2D eigenvalue weighted by atomic mass is 9.91. The van der Waals surface area contributed by atoms with Gasteiger partial charge in [-0.1, -0.05) is 33.0 Å². The molecule has 0 aliphatic carbocycles. The lowest BCUT2D eigenvalue weighted by molar-refractivity contribution is 0.572. The van der Waals surface area contributed by atoms with E-state index in [0.717, 1.165) is 10.6 Å². The lowest BCUT2D eigenvalue weighted by Gasteiger charge is -2.16. The summed E-state index contributed by atoms with van der Waals surface area (Å²) in [5.74, 6) is 0. The van der Waals surface area contributed by atoms with Crippen molar-refractivity contribution in [2.45, 2.75) is 26.2 Å². The molecule has 0 fully saturated rings. The molecule has 0 radical (unpaired) electrons. The van der Waals surface area contributed by atoms with E-state index in [1.807, 2.05) is 0 Å². The molecule has 0 saturated carbocycles. The summed E-state index contributed by atoms with van der Waals surface area (Å²) in [6.07, 6.45) is 0. The van der Waals surface area contributed by atoms with Crippen LogP contribution in [0.4, 0.5) is 0 Å². The van der Waals surface area contributed by atoms with Crippen LogP contribution in [0.15, 0.2) is 5.51 Å². The molecule has 0 bridgehead atoms. The van der Waals surface area contributed by atoms with Crippen molar-refractivity contribution in [3.8, 4) is 0 Å². The number of thiazole rings is 1. The van der Waals surface area contributed by atoms with E-state index in [4.69, 9.17) is 18.0 Å². The van der Waals surface area contributed by atoms with Crippen LogP contribution >= 0.6 is 23.6 Å². The van der Waals surface area contributed by atoms with Crippen LogP contribution in [0, 0.1) is 0 Å². The molecule has 1 aromatic rings. The summed E-state index contributed by atoms with van der Waals surface area (Å²) in [6, 6.07) is 0. The first kappa shape index (κ1) is 9.61. The quantitative estimate of drug-likeness (QED) is 0.705. The second kappa shape index (κ2) is 3.11. The van der Waals surface area contributed by atoms with Gasteiger partial charge in [-0.15, -0.1) is 11.3 Å². The van der Waals surface area contributed by atoms with E-state index in [2.05, 4.69) is 25.8 Å². The monoisotopic (exact) mass is 200 g/mol. The Balaban J connectivity index is 3.17. The van der Waals surface area contributed by atoms with E-state index in [0.29, 0.717) is 4.99 Å². The summed E-state index contributed by atoms with van der Waals surface area (Å²) in [7, 11) is 0. The Bertz CT molecular complexity index is 296. The van der Waals surface area contributed by atoms with Crippen LogP contribution in [0.25, 0.3) is 0 Å². The molecule has 1 rings (SSSR count). The highest BCUT2D eigenvalue weighted by Crippen LogP contribution is 2.26. The summed E-state index contributed by atoms with van der Waals surface area (Å²) in [5, 5.41) is 0. The first-order valence-corrected chi connectivity index (χ1v) is 4.95. The molecular formula is C8H12N2S2. The SMILES string of the molecule is CC(C)(C)c1ncsc1C(N)=S. The van der Waals surface area contributed by atoms with Gasteiger partial charge >= 0.3 is 0 Å². The van der Waals surface area contributed by atoms with Gasteiger partial charge in [0.05, 0.1) is 16.1 Å². The molecule has 1 aromatic heterocycles. The van der Waals surface area contributed by atoms with Crippen molar-refractivity contribution >= 4 is 28.5 Å². The van der Waals surface area contributed by atoms with E-state index in [1.165, 1.54) is 11.3 Å². The van der Waals surface area contributed by atoms with Gasteiger partial charge in [0.1, 0.15) is 4.99 Å². The molecule has 2 N–H and O–H groups in total. The fourth-order valence-corrected chi connectivity index (χ4v) is 2.05. The van der Waals surface area contributed by atoms with E-state index >= 15 is 0 Å². The Hall–Kier alpha value is -0.480. The number of hydrogen-bond donors (Lipinski definition) is 1. The molecule has 0 spiro atoms. The van der Waals surface area contributed by atoms with Gasteiger partial charge < -0.3 is 5.73 Å². The van der Waals surface area contributed by atoms with E-state index in [1.54, 1.807) is 5.51 Å². The minimum Gasteiger partial charge on any atom is -0.389 e. The van der Waals surface area contributed by atoms with Gasteiger partial charge in [0.25, 0.3) is 0 Å². The van der Waals surface area contributed by atoms with Crippen molar-refractivity contribution in [3.63, 3.8) is 0 Å². The fourth-order valence-electron chi connectivity index (χ4n) is 0.955. The zero-order chi connectivity index (χ0) is 9.35. The maximum Gasteiger partial charge on any atom is 0.116 e. The number of thiocarbonyl (C=S) groups is 1. The van der Waals surface area contributed by atoms with Crippen LogP contribution in [0.2, 0.25) is 0 Å². The average molecular weight is 200 g/mol. The molecule has 0 aromatic carbocycles. The first-order chi connectivity index (χ1) is 5.43. The summed E-state index contributed by atoms with van der Waals surface area (Å²) < 4.78 is 0. The largest absolute Gasteiger partial charge is 0.389 e. The van der Waals surface area contributed by atoms with Gasteiger partial charge in [-0.2, -0.15) is 0 Å². The minimum atomic E-state index is 0.0266. The smallest absolute Gasteiger partial charge is 0.116 e. The zero-order valence-corrected chi connectivity index (χ0v) is 9.05. The number of nitrogens with two attached hydrogens (primary N) is 1. The van der Waals surface area contributed by atoms with Crippen LogP contribution < -0.4 is 5.73 Å². The van der Waals surface area contributed by atoms with Crippen molar-refractivity contribution in [2.75, 3.05) is 0 Å². The standard InChI is InChI=1S/C8H12N2S2/c1-8(2,3)6-5(7(9)11)12-4-10-6/h4H,1-3H3,(H2,9,11). The van der Waals surface area contributed by atoms with Crippen molar-refractivity contribution in [1.82, 2.24) is 4.98 Å². The van der Waals surface area contributed by atoms with Crippen LogP contribution in [0.5, 0.6) is 0 Å². The van der Waals surface area contributed by atoms with Gasteiger partial charge in [-0.05, 0) is 0 Å². The zero-order valence-electron chi connectivity index (χ0n) is 7.42. The molecule has 66 valence electrons. The molecule has 12 heavy (non-hydrogen) atoms. The third-order valence-electron chi connectivity index (χ3n) is 1.50. The van der Waals surface area contributed by atoms with Crippen molar-refractivity contribution in [3.05, 3.63) is 16.1 Å². The number of rotatable bonds is 1. The van der Waals surface area contributed by atoms with Crippen molar-refractivity contribution < 1.29 is 0 Å². The third-order valence-corrected chi connectivity index (χ3v) is 2.69. The van der Waals surface area contributed by atoms with Crippen LogP contribution in [-0.2, 0) is 5.41 Å². The summed E-state index contributed by atoms with van der Waals surface area (Å²) in [4.78, 5) is 5.65. The van der Waals surface area contributed by atoms with Gasteiger partial charge in [-0.3, -0.25) is 0 Å². The van der Waals surface area contributed by atoms with Gasteiger partial charge in [0, 0.05) is 5.41 Å². The molecule has 0 atom stereocenters. The molecular weight excluding hydrogens is 188 g/mol. The number of aromatic nitrogens is 1. The van der Waals surface area contributed by atoms with E-state index in [-0.39, 0.29) is 5.41 Å².